The molecule has 0 unspecified atom stereocenters. The summed E-state index contributed by atoms with van der Waals surface area (Å²) in [6.07, 6.45) is 1.60. The summed E-state index contributed by atoms with van der Waals surface area (Å²) in [5.74, 6) is 2.07. The Labute approximate surface area is 278 Å². The zero-order valence-electron chi connectivity index (χ0n) is 27.0. The molecule has 10 nitrogen and oxygen atoms in total. The molecule has 0 aliphatic carbocycles. The number of nitrogens with one attached hydrogen (secondary N) is 1. The minimum Gasteiger partial charge on any atom is -0.497 e. The number of nitrogens with zero attached hydrogens (tertiary/aromatic N) is 4. The summed E-state index contributed by atoms with van der Waals surface area (Å²) in [5.41, 5.74) is 4.97. The minimum atomic E-state index is -1.04. The number of aliphatic hydroxyl groups excluding tert-OH is 1. The number of ether oxygens (including phenoxy) is 4. The van der Waals surface area contributed by atoms with E-state index in [4.69, 9.17) is 18.9 Å². The van der Waals surface area contributed by atoms with Gasteiger partial charge in [-0.15, -0.1) is 0 Å². The van der Waals surface area contributed by atoms with Crippen molar-refractivity contribution in [1.29, 1.82) is 0 Å². The second kappa shape index (κ2) is 13.4. The van der Waals surface area contributed by atoms with Gasteiger partial charge in [0.05, 0.1) is 33.3 Å². The smallest absolute Gasteiger partial charge is 0.167 e. The van der Waals surface area contributed by atoms with Gasteiger partial charge in [0.25, 0.3) is 0 Å². The van der Waals surface area contributed by atoms with Crippen molar-refractivity contribution in [1.82, 2.24) is 19.5 Å². The van der Waals surface area contributed by atoms with Crippen LogP contribution in [0.3, 0.4) is 0 Å². The van der Waals surface area contributed by atoms with Gasteiger partial charge in [0.1, 0.15) is 35.8 Å². The lowest BCUT2D eigenvalue weighted by atomic mass is 9.80. The molecule has 1 fully saturated rings. The van der Waals surface area contributed by atoms with E-state index in [1.165, 1.54) is 11.9 Å². The predicted molar refractivity (Wildman–Crippen MR) is 183 cm³/mol. The number of hydrogen-bond acceptors (Lipinski definition) is 9. The Morgan fingerprint density at radius 2 is 1.44 bits per heavy atom. The Hall–Kier alpha value is -5.29. The number of hydrogen-bond donors (Lipinski definition) is 2. The first kappa shape index (κ1) is 31.3. The Morgan fingerprint density at radius 1 is 0.812 bits per heavy atom. The number of imidazole rings is 1. The molecule has 3 atom stereocenters. The lowest BCUT2D eigenvalue weighted by Gasteiger charge is -2.37. The van der Waals surface area contributed by atoms with E-state index in [0.29, 0.717) is 23.4 Å². The van der Waals surface area contributed by atoms with Crippen LogP contribution in [0, 0.1) is 6.92 Å². The van der Waals surface area contributed by atoms with Crippen molar-refractivity contribution in [3.05, 3.63) is 138 Å². The van der Waals surface area contributed by atoms with Gasteiger partial charge >= 0.3 is 0 Å². The van der Waals surface area contributed by atoms with Crippen molar-refractivity contribution in [2.75, 3.05) is 26.1 Å². The van der Waals surface area contributed by atoms with Crippen molar-refractivity contribution in [2.45, 2.75) is 37.4 Å². The lowest BCUT2D eigenvalue weighted by molar-refractivity contribution is -0.0931. The average Bonchev–Trinajstić information content (AvgIpc) is 3.74. The summed E-state index contributed by atoms with van der Waals surface area (Å²) in [6.45, 7) is 2.15. The third-order valence-electron chi connectivity index (χ3n) is 8.83. The molecule has 2 N–H and O–H groups in total. The van der Waals surface area contributed by atoms with Crippen molar-refractivity contribution in [3.8, 4) is 11.5 Å². The molecule has 244 valence electrons. The van der Waals surface area contributed by atoms with E-state index in [2.05, 4.69) is 20.3 Å². The summed E-state index contributed by atoms with van der Waals surface area (Å²) in [4.78, 5) is 13.6. The number of aromatic nitrogens is 4. The molecule has 4 aromatic carbocycles. The van der Waals surface area contributed by atoms with Gasteiger partial charge in [-0.1, -0.05) is 72.3 Å². The van der Waals surface area contributed by atoms with Crippen LogP contribution in [0.25, 0.3) is 11.2 Å². The molecular weight excluding hydrogens is 606 g/mol. The van der Waals surface area contributed by atoms with Crippen LogP contribution in [0.5, 0.6) is 11.5 Å². The number of rotatable bonds is 11. The molecule has 7 rings (SSSR count). The van der Waals surface area contributed by atoms with Crippen LogP contribution in [0.2, 0.25) is 0 Å². The van der Waals surface area contributed by atoms with Gasteiger partial charge < -0.3 is 29.4 Å². The van der Waals surface area contributed by atoms with E-state index in [1.807, 2.05) is 115 Å². The van der Waals surface area contributed by atoms with Crippen LogP contribution in [0.1, 0.15) is 34.9 Å². The SMILES string of the molecule is COc1ccc(C(OC[C@H]2O[C@@H](n3cnc4c(Nc5ccc(C)cc5)ncnc43)C[C@@H]2O)(c2ccccc2)c2ccc(OC)cc2)cc1. The number of aliphatic hydroxyl groups is 1. The van der Waals surface area contributed by atoms with Gasteiger partial charge in [-0.3, -0.25) is 4.57 Å². The topological polar surface area (TPSA) is 113 Å². The fourth-order valence-electron chi connectivity index (χ4n) is 6.25. The zero-order chi connectivity index (χ0) is 33.1. The molecule has 0 spiro atoms. The van der Waals surface area contributed by atoms with E-state index in [9.17, 15) is 5.11 Å². The van der Waals surface area contributed by atoms with E-state index < -0.39 is 24.0 Å². The molecule has 3 heterocycles. The Kier molecular flexibility index (Phi) is 8.77. The van der Waals surface area contributed by atoms with Crippen LogP contribution in [0.15, 0.2) is 116 Å². The molecule has 0 radical (unpaired) electrons. The van der Waals surface area contributed by atoms with Crippen molar-refractivity contribution >= 4 is 22.7 Å². The highest BCUT2D eigenvalue weighted by molar-refractivity contribution is 5.85. The number of aryl methyl sites for hydroxylation is 1. The quantitative estimate of drug-likeness (QED) is 0.152. The molecule has 1 aliphatic rings. The summed E-state index contributed by atoms with van der Waals surface area (Å²) in [7, 11) is 3.29. The van der Waals surface area contributed by atoms with Gasteiger partial charge in [0, 0.05) is 12.1 Å². The molecule has 10 heteroatoms. The fraction of sp³-hybridized carbons (Fsp3) is 0.237. The van der Waals surface area contributed by atoms with E-state index in [1.54, 1.807) is 20.5 Å². The maximum Gasteiger partial charge on any atom is 0.167 e. The maximum atomic E-state index is 11.3. The molecular formula is C38H37N5O5. The lowest BCUT2D eigenvalue weighted by Crippen LogP contribution is -2.38. The summed E-state index contributed by atoms with van der Waals surface area (Å²) < 4.78 is 26.3. The normalized spacial score (nSPS) is 17.8. The van der Waals surface area contributed by atoms with Gasteiger partial charge in [-0.2, -0.15) is 0 Å². The highest BCUT2D eigenvalue weighted by atomic mass is 16.6. The molecule has 6 aromatic rings. The fourth-order valence-corrected chi connectivity index (χ4v) is 6.25. The Balaban J connectivity index is 1.19. The number of anilines is 2. The summed E-state index contributed by atoms with van der Waals surface area (Å²) in [6, 6.07) is 33.8. The van der Waals surface area contributed by atoms with Gasteiger partial charge in [0.15, 0.2) is 17.0 Å². The second-order valence-corrected chi connectivity index (χ2v) is 11.8. The standard InChI is InChI=1S/C38H37N5O5/c1-25-9-15-29(16-10-25)42-36-35-37(40-23-39-36)43(24-41-35)34-21-32(44)33(48-34)22-47-38(26-7-5-4-6-8-26,27-11-17-30(45-2)18-12-27)28-13-19-31(46-3)20-14-28/h4-20,23-24,32-34,44H,21-22H2,1-3H3,(H,39,40,42)/t32-,33+,34+/m0/s1. The van der Waals surface area contributed by atoms with Crippen LogP contribution in [0.4, 0.5) is 11.5 Å². The van der Waals surface area contributed by atoms with Crippen LogP contribution in [-0.2, 0) is 15.1 Å². The van der Waals surface area contributed by atoms with Gasteiger partial charge in [-0.05, 0) is 60.0 Å². The molecule has 0 saturated carbocycles. The second-order valence-electron chi connectivity index (χ2n) is 11.8. The monoisotopic (exact) mass is 643 g/mol. The Morgan fingerprint density at radius 3 is 2.06 bits per heavy atom. The third kappa shape index (κ3) is 5.97. The van der Waals surface area contributed by atoms with E-state index in [0.717, 1.165) is 33.9 Å². The molecule has 1 aliphatic heterocycles. The molecule has 0 amide bonds. The summed E-state index contributed by atoms with van der Waals surface area (Å²) >= 11 is 0. The zero-order valence-corrected chi connectivity index (χ0v) is 27.0. The van der Waals surface area contributed by atoms with Crippen LogP contribution >= 0.6 is 0 Å². The van der Waals surface area contributed by atoms with E-state index >= 15 is 0 Å². The number of benzene rings is 4. The highest BCUT2D eigenvalue weighted by Crippen LogP contribution is 2.43. The molecule has 2 aromatic heterocycles. The Bertz CT molecular complexity index is 1920. The summed E-state index contributed by atoms with van der Waals surface area (Å²) in [5, 5.41) is 14.7. The van der Waals surface area contributed by atoms with Crippen LogP contribution < -0.4 is 14.8 Å². The third-order valence-corrected chi connectivity index (χ3v) is 8.83. The maximum absolute atomic E-state index is 11.3. The van der Waals surface area contributed by atoms with Gasteiger partial charge in [0.2, 0.25) is 0 Å². The van der Waals surface area contributed by atoms with Gasteiger partial charge in [-0.25, -0.2) is 15.0 Å². The first-order valence-corrected chi connectivity index (χ1v) is 15.8. The van der Waals surface area contributed by atoms with Crippen molar-refractivity contribution < 1.29 is 24.1 Å². The first-order chi connectivity index (χ1) is 23.5. The van der Waals surface area contributed by atoms with Crippen LogP contribution in [-0.4, -0.2) is 57.7 Å². The minimum absolute atomic E-state index is 0.104. The van der Waals surface area contributed by atoms with Crippen molar-refractivity contribution in [3.63, 3.8) is 0 Å². The average molecular weight is 644 g/mol. The number of fused-ring (bicyclic) bond motifs is 1. The first-order valence-electron chi connectivity index (χ1n) is 15.8. The number of methoxy groups -OCH3 is 2. The largest absolute Gasteiger partial charge is 0.497 e. The molecule has 48 heavy (non-hydrogen) atoms. The van der Waals surface area contributed by atoms with E-state index in [-0.39, 0.29) is 6.61 Å². The predicted octanol–water partition coefficient (Wildman–Crippen LogP) is 6.55. The van der Waals surface area contributed by atoms with Crippen molar-refractivity contribution in [2.24, 2.45) is 0 Å². The molecule has 1 saturated heterocycles. The molecule has 0 bridgehead atoms. The highest BCUT2D eigenvalue weighted by Gasteiger charge is 2.42.